The van der Waals surface area contributed by atoms with Crippen LogP contribution >= 0.6 is 0 Å². The van der Waals surface area contributed by atoms with Crippen LogP contribution in [0.25, 0.3) is 89.0 Å². The van der Waals surface area contributed by atoms with Crippen LogP contribution in [0.3, 0.4) is 0 Å². The van der Waals surface area contributed by atoms with Crippen LogP contribution in [-0.2, 0) is 17.5 Å². The van der Waals surface area contributed by atoms with Gasteiger partial charge in [0.05, 0.1) is 11.2 Å². The Morgan fingerprint density at radius 3 is 0.827 bits per heavy atom. The van der Waals surface area contributed by atoms with Crippen LogP contribution < -0.4 is 15.3 Å². The lowest BCUT2D eigenvalue weighted by Crippen LogP contribution is -2.49. The van der Waals surface area contributed by atoms with Crippen molar-refractivity contribution >= 4 is 47.1 Å². The summed E-state index contributed by atoms with van der Waals surface area (Å²) in [5.74, 6) is 0. The lowest BCUT2D eigenvalue weighted by molar-refractivity contribution is -0.0893. The van der Waals surface area contributed by atoms with Gasteiger partial charge in [0, 0.05) is 34.1 Å². The van der Waals surface area contributed by atoms with Crippen LogP contribution in [0.5, 0.6) is 0 Å². The average molecular weight is 1280 g/mol. The highest BCUT2D eigenvalue weighted by Crippen LogP contribution is 2.43. The second kappa shape index (κ2) is 29.0. The fourth-order valence-electron chi connectivity index (χ4n) is 13.3. The van der Waals surface area contributed by atoms with Crippen LogP contribution in [0, 0.1) is 20.8 Å². The summed E-state index contributed by atoms with van der Waals surface area (Å²) in [4.78, 5) is 4.76. The van der Waals surface area contributed by atoms with E-state index in [9.17, 15) is 5.11 Å². The van der Waals surface area contributed by atoms with Crippen molar-refractivity contribution in [3.8, 4) is 89.0 Å². The molecule has 0 spiro atoms. The van der Waals surface area contributed by atoms with Crippen LogP contribution in [0.2, 0.25) is 0 Å². The van der Waals surface area contributed by atoms with Gasteiger partial charge in [-0.1, -0.05) is 263 Å². The molecular formula is C93H87BN2O2. The fourth-order valence-corrected chi connectivity index (χ4v) is 13.3. The first kappa shape index (κ1) is 66.1. The van der Waals surface area contributed by atoms with Crippen molar-refractivity contribution in [3.05, 3.63) is 331 Å². The molecule has 0 heterocycles. The molecule has 0 aromatic heterocycles. The van der Waals surface area contributed by atoms with E-state index < -0.39 is 11.2 Å². The first-order chi connectivity index (χ1) is 47.6. The zero-order valence-electron chi connectivity index (χ0n) is 58.2. The Morgan fingerprint density at radius 2 is 0.541 bits per heavy atom. The number of nitrogens with zero attached hydrogens (tertiary/aromatic N) is 2. The normalized spacial score (nSPS) is 11.6. The number of anilines is 6. The van der Waals surface area contributed by atoms with Gasteiger partial charge >= 0.3 is 7.48 Å². The molecule has 0 aliphatic heterocycles. The summed E-state index contributed by atoms with van der Waals surface area (Å²) in [7, 11) is 0.430. The lowest BCUT2D eigenvalue weighted by atomic mass is 9.82. The standard InChI is InChI=1S/C93H87BN2O2/c1-10-15-67-19-23-70(24-20-67)77-43-49-83(50-44-77)95(84-51-45-78(46-52-84)71-25-21-68(16-11-2)22-26-71)86-55-58-89(64(3)61-86)79-33-27-72(28-34-79)73-29-35-80(36-30-73)90-59-56-87(62-65(90)4)96(85-53-41-76(42-54-85)69-17-13-12-14-18-69)88-57-60-91(66(5)63-88)81-37-31-74(32-38-81)75-39-47-82(48-40-75)94-98-93(8,9)92(6,7)97/h12-14,17-63,94,97H,10-11,15-16H2,1-9H3. The van der Waals surface area contributed by atoms with Crippen LogP contribution in [0.15, 0.2) is 303 Å². The van der Waals surface area contributed by atoms with Gasteiger partial charge in [-0.05, 0) is 251 Å². The Morgan fingerprint density at radius 1 is 0.296 bits per heavy atom. The summed E-state index contributed by atoms with van der Waals surface area (Å²) in [6.07, 6.45) is 4.49. The Hall–Kier alpha value is -10.6. The van der Waals surface area contributed by atoms with E-state index in [4.69, 9.17) is 4.65 Å². The van der Waals surface area contributed by atoms with Crippen LogP contribution in [0.4, 0.5) is 34.1 Å². The summed E-state index contributed by atoms with van der Waals surface area (Å²) < 4.78 is 6.14. The van der Waals surface area contributed by atoms with E-state index in [1.54, 1.807) is 13.8 Å². The first-order valence-corrected chi connectivity index (χ1v) is 34.8. The van der Waals surface area contributed by atoms with Crippen molar-refractivity contribution in [2.45, 2.75) is 99.2 Å². The van der Waals surface area contributed by atoms with Crippen molar-refractivity contribution < 1.29 is 9.76 Å². The molecular weight excluding hydrogens is 1190 g/mol. The number of aliphatic hydroxyl groups is 1. The predicted molar refractivity (Wildman–Crippen MR) is 420 cm³/mol. The van der Waals surface area contributed by atoms with E-state index in [1.807, 2.05) is 13.8 Å². The number of benzene rings is 13. The van der Waals surface area contributed by atoms with Crippen LogP contribution in [0.1, 0.15) is 82.2 Å². The van der Waals surface area contributed by atoms with E-state index in [2.05, 4.69) is 348 Å². The van der Waals surface area contributed by atoms with Crippen molar-refractivity contribution in [2.24, 2.45) is 0 Å². The Kier molecular flexibility index (Phi) is 19.6. The quantitative estimate of drug-likeness (QED) is 0.0686. The Balaban J connectivity index is 0.726. The molecule has 4 nitrogen and oxygen atoms in total. The van der Waals surface area contributed by atoms with E-state index in [0.29, 0.717) is 7.48 Å². The molecule has 5 heteroatoms. The minimum absolute atomic E-state index is 0.430. The highest BCUT2D eigenvalue weighted by atomic mass is 16.5. The molecule has 0 amide bonds. The predicted octanol–water partition coefficient (Wildman–Crippen LogP) is 24.3. The molecule has 0 saturated heterocycles. The van der Waals surface area contributed by atoms with Crippen molar-refractivity contribution in [1.82, 2.24) is 0 Å². The number of rotatable bonds is 22. The molecule has 13 aromatic rings. The molecule has 0 unspecified atom stereocenters. The third-order valence-corrected chi connectivity index (χ3v) is 19.8. The fraction of sp³-hybridized carbons (Fsp3) is 0.161. The van der Waals surface area contributed by atoms with Crippen molar-refractivity contribution in [2.75, 3.05) is 9.80 Å². The van der Waals surface area contributed by atoms with Crippen molar-refractivity contribution in [1.29, 1.82) is 0 Å². The Labute approximate surface area is 582 Å². The third-order valence-electron chi connectivity index (χ3n) is 19.8. The lowest BCUT2D eigenvalue weighted by Gasteiger charge is -2.37. The molecule has 0 atom stereocenters. The third kappa shape index (κ3) is 14.7. The zero-order valence-corrected chi connectivity index (χ0v) is 58.2. The molecule has 98 heavy (non-hydrogen) atoms. The molecule has 0 bridgehead atoms. The highest BCUT2D eigenvalue weighted by Gasteiger charge is 2.35. The van der Waals surface area contributed by atoms with E-state index in [0.717, 1.165) is 76.4 Å². The monoisotopic (exact) mass is 1270 g/mol. The second-order valence-corrected chi connectivity index (χ2v) is 27.4. The van der Waals surface area contributed by atoms with Gasteiger partial charge in [-0.15, -0.1) is 0 Å². The van der Waals surface area contributed by atoms with Gasteiger partial charge in [-0.2, -0.15) is 0 Å². The zero-order chi connectivity index (χ0) is 67.9. The molecule has 0 radical (unpaired) electrons. The molecule has 0 saturated carbocycles. The maximum atomic E-state index is 10.6. The van der Waals surface area contributed by atoms with E-state index >= 15 is 0 Å². The van der Waals surface area contributed by atoms with E-state index in [-0.39, 0.29) is 0 Å². The topological polar surface area (TPSA) is 35.9 Å². The summed E-state index contributed by atoms with van der Waals surface area (Å²) >= 11 is 0. The van der Waals surface area contributed by atoms with Gasteiger partial charge < -0.3 is 19.6 Å². The number of aryl methyl sites for hydroxylation is 5. The smallest absolute Gasteiger partial charge is 0.309 e. The maximum absolute atomic E-state index is 10.6. The number of hydrogen-bond acceptors (Lipinski definition) is 4. The Bertz CT molecular complexity index is 4730. The van der Waals surface area contributed by atoms with Gasteiger partial charge in [0.25, 0.3) is 0 Å². The minimum atomic E-state index is -0.956. The molecule has 0 fully saturated rings. The van der Waals surface area contributed by atoms with E-state index in [1.165, 1.54) is 106 Å². The van der Waals surface area contributed by atoms with Gasteiger partial charge in [0.15, 0.2) is 0 Å². The van der Waals surface area contributed by atoms with Gasteiger partial charge in [-0.3, -0.25) is 0 Å². The van der Waals surface area contributed by atoms with Crippen molar-refractivity contribution in [3.63, 3.8) is 0 Å². The van der Waals surface area contributed by atoms with Gasteiger partial charge in [0.1, 0.15) is 0 Å². The molecule has 1 N–H and O–H groups in total. The largest absolute Gasteiger partial charge is 0.427 e. The van der Waals surface area contributed by atoms with Crippen LogP contribution in [-0.4, -0.2) is 23.8 Å². The highest BCUT2D eigenvalue weighted by molar-refractivity contribution is 6.47. The molecule has 13 rings (SSSR count). The summed E-state index contributed by atoms with van der Waals surface area (Å²) in [6, 6.07) is 112. The SMILES string of the molecule is CCCc1ccc(-c2ccc(N(c3ccc(-c4ccc(CCC)cc4)cc3)c3ccc(-c4ccc(-c5ccc(-c6ccc(N(c7ccc(-c8ccccc8)cc7)c7ccc(-c8ccc(-c9ccc(BOC(C)(C)C(C)(C)O)cc9)cc8)c(C)c7)cc6C)cc5)cc4)c(C)c3)cc2)cc1. The minimum Gasteiger partial charge on any atom is -0.427 e. The number of hydrogen-bond donors (Lipinski definition) is 1. The van der Waals surface area contributed by atoms with Gasteiger partial charge in [0.2, 0.25) is 0 Å². The molecule has 0 aliphatic carbocycles. The molecule has 0 aliphatic rings. The average Bonchev–Trinajstić information content (AvgIpc) is 0.792. The molecule has 484 valence electrons. The first-order valence-electron chi connectivity index (χ1n) is 34.8. The summed E-state index contributed by atoms with van der Waals surface area (Å²) in [5.41, 5.74) is 31.5. The molecule has 13 aromatic carbocycles. The maximum Gasteiger partial charge on any atom is 0.309 e. The summed E-state index contributed by atoms with van der Waals surface area (Å²) in [6.45, 7) is 18.6. The van der Waals surface area contributed by atoms with Gasteiger partial charge in [-0.25, -0.2) is 0 Å². The summed E-state index contributed by atoms with van der Waals surface area (Å²) in [5, 5.41) is 10.6. The second-order valence-electron chi connectivity index (χ2n) is 27.4.